The Morgan fingerprint density at radius 2 is 2.17 bits per heavy atom. The fourth-order valence-corrected chi connectivity index (χ4v) is 1.00. The Morgan fingerprint density at radius 1 is 1.33 bits per heavy atom. The molecule has 0 spiro atoms. The van der Waals surface area contributed by atoms with Crippen LogP contribution in [0, 0.1) is 0 Å². The number of nitrogens with one attached hydrogen (secondary N) is 1. The van der Waals surface area contributed by atoms with E-state index in [0.717, 1.165) is 16.6 Å². The Hall–Kier alpha value is -1.91. The maximum absolute atomic E-state index is 8.27. The van der Waals surface area contributed by atoms with Crippen LogP contribution in [0.2, 0.25) is 0 Å². The molecule has 12 heavy (non-hydrogen) atoms. The lowest BCUT2D eigenvalue weighted by Gasteiger charge is -1.88. The summed E-state index contributed by atoms with van der Waals surface area (Å²) in [6.45, 7) is 0. The van der Waals surface area contributed by atoms with E-state index in [9.17, 15) is 0 Å². The molecular weight excluding hydrogens is 156 g/mol. The topological polar surface area (TPSA) is 74.2 Å². The van der Waals surface area contributed by atoms with Gasteiger partial charge in [0.15, 0.2) is 0 Å². The number of aromatic amines is 1. The van der Waals surface area contributed by atoms with Crippen LogP contribution in [0.15, 0.2) is 23.4 Å². The van der Waals surface area contributed by atoms with Crippen LogP contribution in [-0.4, -0.2) is 26.8 Å². The van der Waals surface area contributed by atoms with E-state index in [1.54, 1.807) is 18.2 Å². The number of nitrogens with zero attached hydrogens (tertiary/aromatic N) is 3. The van der Waals surface area contributed by atoms with Crippen molar-refractivity contribution < 1.29 is 5.21 Å². The fourth-order valence-electron chi connectivity index (χ4n) is 1.00. The van der Waals surface area contributed by atoms with Crippen LogP contribution in [0.1, 0.15) is 5.56 Å². The first-order valence-corrected chi connectivity index (χ1v) is 3.38. The molecule has 0 atom stereocenters. The van der Waals surface area contributed by atoms with Gasteiger partial charge in [-0.15, -0.1) is 0 Å². The number of fused-ring (bicyclic) bond motifs is 1. The molecule has 0 unspecified atom stereocenters. The Balaban J connectivity index is 2.60. The molecule has 0 aliphatic rings. The number of aromatic nitrogens is 3. The van der Waals surface area contributed by atoms with E-state index in [0.29, 0.717) is 0 Å². The molecule has 1 aromatic heterocycles. The highest BCUT2D eigenvalue weighted by atomic mass is 16.4. The van der Waals surface area contributed by atoms with Gasteiger partial charge in [-0.1, -0.05) is 11.2 Å². The van der Waals surface area contributed by atoms with E-state index in [-0.39, 0.29) is 0 Å². The summed E-state index contributed by atoms with van der Waals surface area (Å²) < 4.78 is 0. The van der Waals surface area contributed by atoms with Crippen LogP contribution in [0.25, 0.3) is 11.0 Å². The van der Waals surface area contributed by atoms with Gasteiger partial charge in [0.2, 0.25) is 0 Å². The molecule has 0 saturated carbocycles. The smallest absolute Gasteiger partial charge is 0.113 e. The molecule has 5 heteroatoms. The highest BCUT2D eigenvalue weighted by Gasteiger charge is 1.96. The van der Waals surface area contributed by atoms with Gasteiger partial charge in [0, 0.05) is 0 Å². The third-order valence-corrected chi connectivity index (χ3v) is 1.55. The summed E-state index contributed by atoms with van der Waals surface area (Å²) in [6, 6.07) is 5.37. The van der Waals surface area contributed by atoms with Crippen molar-refractivity contribution in [2.45, 2.75) is 0 Å². The van der Waals surface area contributed by atoms with Gasteiger partial charge in [0.1, 0.15) is 11.0 Å². The minimum atomic E-state index is 0.757. The molecule has 0 aliphatic heterocycles. The molecule has 0 aliphatic carbocycles. The van der Waals surface area contributed by atoms with Gasteiger partial charge in [0.25, 0.3) is 0 Å². The molecule has 2 rings (SSSR count). The summed E-state index contributed by atoms with van der Waals surface area (Å²) in [5, 5.41) is 21.4. The highest BCUT2D eigenvalue weighted by molar-refractivity contribution is 5.86. The SMILES string of the molecule is ON=Cc1ccc2n[nH]nc2c1. The summed E-state index contributed by atoms with van der Waals surface area (Å²) >= 11 is 0. The van der Waals surface area contributed by atoms with Gasteiger partial charge >= 0.3 is 0 Å². The minimum Gasteiger partial charge on any atom is -0.411 e. The standard InChI is InChI=1S/C7H6N4O/c12-8-4-5-1-2-6-7(3-5)10-11-9-6/h1-4,12H,(H,9,10,11). The minimum absolute atomic E-state index is 0.757. The maximum atomic E-state index is 8.27. The highest BCUT2D eigenvalue weighted by Crippen LogP contribution is 2.08. The van der Waals surface area contributed by atoms with Crippen molar-refractivity contribution in [2.24, 2.45) is 5.16 Å². The van der Waals surface area contributed by atoms with E-state index in [1.165, 1.54) is 6.21 Å². The van der Waals surface area contributed by atoms with E-state index in [1.807, 2.05) is 0 Å². The maximum Gasteiger partial charge on any atom is 0.113 e. The van der Waals surface area contributed by atoms with E-state index in [4.69, 9.17) is 5.21 Å². The Morgan fingerprint density at radius 3 is 3.00 bits per heavy atom. The van der Waals surface area contributed by atoms with Crippen molar-refractivity contribution in [1.29, 1.82) is 0 Å². The third kappa shape index (κ3) is 1.01. The lowest BCUT2D eigenvalue weighted by atomic mass is 10.2. The van der Waals surface area contributed by atoms with Crippen LogP contribution in [0.5, 0.6) is 0 Å². The van der Waals surface area contributed by atoms with E-state index >= 15 is 0 Å². The molecule has 1 aromatic carbocycles. The van der Waals surface area contributed by atoms with Crippen LogP contribution >= 0.6 is 0 Å². The van der Waals surface area contributed by atoms with Crippen molar-refractivity contribution in [3.8, 4) is 0 Å². The summed E-state index contributed by atoms with van der Waals surface area (Å²) in [7, 11) is 0. The van der Waals surface area contributed by atoms with Gasteiger partial charge in [-0.05, 0) is 17.7 Å². The van der Waals surface area contributed by atoms with Gasteiger partial charge < -0.3 is 5.21 Å². The first-order chi connectivity index (χ1) is 5.90. The van der Waals surface area contributed by atoms with Crippen LogP contribution in [-0.2, 0) is 0 Å². The zero-order chi connectivity index (χ0) is 8.39. The van der Waals surface area contributed by atoms with Gasteiger partial charge in [-0.3, -0.25) is 0 Å². The molecule has 0 radical (unpaired) electrons. The van der Waals surface area contributed by atoms with Crippen molar-refractivity contribution in [3.63, 3.8) is 0 Å². The summed E-state index contributed by atoms with van der Waals surface area (Å²) in [6.07, 6.45) is 1.34. The number of rotatable bonds is 1. The van der Waals surface area contributed by atoms with Gasteiger partial charge in [-0.25, -0.2) is 0 Å². The number of H-pyrrole nitrogens is 1. The lowest BCUT2D eigenvalue weighted by Crippen LogP contribution is -1.80. The predicted octanol–water partition coefficient (Wildman–Crippen LogP) is 0.766. The molecule has 0 fully saturated rings. The van der Waals surface area contributed by atoms with Gasteiger partial charge in [0.05, 0.1) is 6.21 Å². The summed E-state index contributed by atoms with van der Waals surface area (Å²) in [5.41, 5.74) is 2.34. The molecular formula is C7H6N4O. The van der Waals surface area contributed by atoms with Crippen LogP contribution in [0.3, 0.4) is 0 Å². The van der Waals surface area contributed by atoms with Crippen molar-refractivity contribution in [3.05, 3.63) is 23.8 Å². The largest absolute Gasteiger partial charge is 0.411 e. The second-order valence-corrected chi connectivity index (χ2v) is 2.32. The van der Waals surface area contributed by atoms with E-state index < -0.39 is 0 Å². The molecule has 60 valence electrons. The van der Waals surface area contributed by atoms with Gasteiger partial charge in [-0.2, -0.15) is 15.4 Å². The molecule has 2 N–H and O–H groups in total. The summed E-state index contributed by atoms with van der Waals surface area (Å²) in [4.78, 5) is 0. The predicted molar refractivity (Wildman–Crippen MR) is 43.3 cm³/mol. The normalized spacial score (nSPS) is 11.3. The van der Waals surface area contributed by atoms with Crippen molar-refractivity contribution in [2.75, 3.05) is 0 Å². The zero-order valence-corrected chi connectivity index (χ0v) is 6.10. The number of oxime groups is 1. The second-order valence-electron chi connectivity index (χ2n) is 2.32. The molecule has 1 heterocycles. The second kappa shape index (κ2) is 2.61. The molecule has 0 bridgehead atoms. The molecule has 0 saturated heterocycles. The van der Waals surface area contributed by atoms with Crippen LogP contribution < -0.4 is 0 Å². The Kier molecular flexibility index (Phi) is 1.48. The Bertz CT molecular complexity index is 420. The fraction of sp³-hybridized carbons (Fsp3) is 0. The third-order valence-electron chi connectivity index (χ3n) is 1.55. The van der Waals surface area contributed by atoms with Crippen LogP contribution in [0.4, 0.5) is 0 Å². The summed E-state index contributed by atoms with van der Waals surface area (Å²) in [5.74, 6) is 0. The first kappa shape index (κ1) is 6.78. The zero-order valence-electron chi connectivity index (χ0n) is 6.10. The Labute approximate surface area is 67.7 Å². The lowest BCUT2D eigenvalue weighted by molar-refractivity contribution is 0.322. The first-order valence-electron chi connectivity index (χ1n) is 3.38. The average Bonchev–Trinajstić information content (AvgIpc) is 2.51. The average molecular weight is 162 g/mol. The molecule has 0 amide bonds. The van der Waals surface area contributed by atoms with E-state index in [2.05, 4.69) is 20.6 Å². The monoisotopic (exact) mass is 162 g/mol. The van der Waals surface area contributed by atoms with Crippen molar-refractivity contribution >= 4 is 17.2 Å². The molecule has 2 aromatic rings. The molecule has 5 nitrogen and oxygen atoms in total. The number of hydrogen-bond acceptors (Lipinski definition) is 4. The van der Waals surface area contributed by atoms with Crippen molar-refractivity contribution in [1.82, 2.24) is 15.4 Å². The quantitative estimate of drug-likeness (QED) is 0.369. The number of benzene rings is 1. The number of hydrogen-bond donors (Lipinski definition) is 2.